The zero-order chi connectivity index (χ0) is 16.4. The molecular formula is C17H20N4O2. The average molecular weight is 312 g/mol. The van der Waals surface area contributed by atoms with Gasteiger partial charge in [0.2, 0.25) is 5.91 Å². The van der Waals surface area contributed by atoms with Crippen LogP contribution in [0.2, 0.25) is 0 Å². The summed E-state index contributed by atoms with van der Waals surface area (Å²) in [5.74, 6) is -0.477. The number of hydrogen-bond donors (Lipinski definition) is 2. The summed E-state index contributed by atoms with van der Waals surface area (Å²) in [5, 5.41) is 7.08. The average Bonchev–Trinajstić information content (AvgIpc) is 3.18. The number of nitrogens with zero attached hydrogens (tertiary/aromatic N) is 2. The molecule has 0 spiro atoms. The van der Waals surface area contributed by atoms with Gasteiger partial charge in [0.05, 0.1) is 5.69 Å². The number of carbonyl (C=O) groups is 2. The van der Waals surface area contributed by atoms with E-state index >= 15 is 0 Å². The number of nitrogens with two attached hydrogens (primary N) is 1. The van der Waals surface area contributed by atoms with E-state index in [2.05, 4.69) is 10.4 Å². The molecule has 0 bridgehead atoms. The van der Waals surface area contributed by atoms with Gasteiger partial charge in [0.1, 0.15) is 5.69 Å². The highest BCUT2D eigenvalue weighted by Gasteiger charge is 2.36. The highest BCUT2D eigenvalue weighted by molar-refractivity contribution is 5.95. The predicted molar refractivity (Wildman–Crippen MR) is 87.3 cm³/mol. The van der Waals surface area contributed by atoms with Crippen LogP contribution in [0, 0.1) is 5.41 Å². The van der Waals surface area contributed by atoms with Gasteiger partial charge in [-0.05, 0) is 43.2 Å². The van der Waals surface area contributed by atoms with E-state index in [0.717, 1.165) is 37.1 Å². The first kappa shape index (κ1) is 15.3. The molecule has 1 fully saturated rings. The molecule has 0 unspecified atom stereocenters. The Bertz CT molecular complexity index is 727. The summed E-state index contributed by atoms with van der Waals surface area (Å²) in [6.45, 7) is 2.03. The van der Waals surface area contributed by atoms with E-state index < -0.39 is 5.91 Å². The van der Waals surface area contributed by atoms with Crippen LogP contribution in [0.3, 0.4) is 0 Å². The molecule has 0 atom stereocenters. The molecule has 3 N–H and O–H groups in total. The first-order valence-corrected chi connectivity index (χ1v) is 7.75. The van der Waals surface area contributed by atoms with E-state index in [1.165, 1.54) is 0 Å². The van der Waals surface area contributed by atoms with Gasteiger partial charge in [0, 0.05) is 17.3 Å². The summed E-state index contributed by atoms with van der Waals surface area (Å²) in [4.78, 5) is 23.5. The molecule has 3 rings (SSSR count). The quantitative estimate of drug-likeness (QED) is 0.908. The summed E-state index contributed by atoms with van der Waals surface area (Å²) < 4.78 is 1.57. The maximum absolute atomic E-state index is 12.4. The molecule has 23 heavy (non-hydrogen) atoms. The van der Waals surface area contributed by atoms with Crippen molar-refractivity contribution >= 4 is 17.5 Å². The van der Waals surface area contributed by atoms with E-state index in [-0.39, 0.29) is 17.0 Å². The van der Waals surface area contributed by atoms with Crippen molar-refractivity contribution in [2.24, 2.45) is 11.1 Å². The van der Waals surface area contributed by atoms with Crippen LogP contribution >= 0.6 is 0 Å². The molecule has 0 radical (unpaired) electrons. The fourth-order valence-electron chi connectivity index (χ4n) is 2.96. The number of carbonyl (C=O) groups excluding carboxylic acids is 2. The van der Waals surface area contributed by atoms with Gasteiger partial charge in [-0.15, -0.1) is 0 Å². The van der Waals surface area contributed by atoms with E-state index in [1.807, 2.05) is 31.2 Å². The lowest BCUT2D eigenvalue weighted by atomic mass is 9.88. The zero-order valence-corrected chi connectivity index (χ0v) is 13.1. The van der Waals surface area contributed by atoms with Gasteiger partial charge in [-0.2, -0.15) is 5.10 Å². The van der Waals surface area contributed by atoms with Crippen LogP contribution in [-0.4, -0.2) is 21.6 Å². The third-order valence-electron chi connectivity index (χ3n) is 4.49. The number of hydrogen-bond acceptors (Lipinski definition) is 3. The Morgan fingerprint density at radius 3 is 2.39 bits per heavy atom. The van der Waals surface area contributed by atoms with Gasteiger partial charge >= 0.3 is 0 Å². The lowest BCUT2D eigenvalue weighted by Gasteiger charge is -2.22. The zero-order valence-electron chi connectivity index (χ0n) is 13.1. The highest BCUT2D eigenvalue weighted by Crippen LogP contribution is 2.38. The topological polar surface area (TPSA) is 90.0 Å². The lowest BCUT2D eigenvalue weighted by Crippen LogP contribution is -2.30. The summed E-state index contributed by atoms with van der Waals surface area (Å²) in [6, 6.07) is 8.90. The predicted octanol–water partition coefficient (Wildman–Crippen LogP) is 2.49. The van der Waals surface area contributed by atoms with Crippen molar-refractivity contribution in [1.82, 2.24) is 9.78 Å². The van der Waals surface area contributed by atoms with Crippen LogP contribution in [0.1, 0.15) is 43.1 Å². The van der Waals surface area contributed by atoms with Gasteiger partial charge in [-0.3, -0.25) is 9.59 Å². The Hall–Kier alpha value is -2.63. The summed E-state index contributed by atoms with van der Waals surface area (Å²) >= 11 is 0. The number of nitrogens with one attached hydrogen (secondary N) is 1. The van der Waals surface area contributed by atoms with Crippen molar-refractivity contribution in [3.63, 3.8) is 0 Å². The van der Waals surface area contributed by atoms with Gasteiger partial charge < -0.3 is 11.1 Å². The number of primary amides is 1. The van der Waals surface area contributed by atoms with Gasteiger partial charge in [0.15, 0.2) is 0 Å². The number of rotatable bonds is 4. The van der Waals surface area contributed by atoms with Crippen LogP contribution in [0.5, 0.6) is 0 Å². The van der Waals surface area contributed by atoms with Crippen molar-refractivity contribution in [3.05, 3.63) is 42.2 Å². The Kier molecular flexibility index (Phi) is 3.90. The molecule has 0 aliphatic heterocycles. The lowest BCUT2D eigenvalue weighted by molar-refractivity contribution is -0.124. The van der Waals surface area contributed by atoms with Crippen LogP contribution in [-0.2, 0) is 4.79 Å². The van der Waals surface area contributed by atoms with Crippen molar-refractivity contribution < 1.29 is 9.59 Å². The van der Waals surface area contributed by atoms with Gasteiger partial charge in [0.25, 0.3) is 5.91 Å². The SMILES string of the molecule is CC1(C(=O)Nc2ccc(-n3ccc(C(N)=O)n3)cc2)CCCC1. The van der Waals surface area contributed by atoms with Crippen LogP contribution in [0.15, 0.2) is 36.5 Å². The molecule has 1 heterocycles. The molecule has 1 aliphatic carbocycles. The van der Waals surface area contributed by atoms with Crippen molar-refractivity contribution in [2.45, 2.75) is 32.6 Å². The van der Waals surface area contributed by atoms with Gasteiger partial charge in [-0.1, -0.05) is 19.8 Å². The maximum Gasteiger partial charge on any atom is 0.269 e. The van der Waals surface area contributed by atoms with E-state index in [9.17, 15) is 9.59 Å². The van der Waals surface area contributed by atoms with Crippen molar-refractivity contribution in [1.29, 1.82) is 0 Å². The first-order valence-electron chi connectivity index (χ1n) is 7.75. The Morgan fingerprint density at radius 2 is 1.83 bits per heavy atom. The second-order valence-electron chi connectivity index (χ2n) is 6.28. The third-order valence-corrected chi connectivity index (χ3v) is 4.49. The van der Waals surface area contributed by atoms with E-state index in [4.69, 9.17) is 5.73 Å². The molecule has 1 saturated carbocycles. The minimum atomic E-state index is -0.558. The van der Waals surface area contributed by atoms with E-state index in [0.29, 0.717) is 0 Å². The molecule has 1 aromatic carbocycles. The van der Waals surface area contributed by atoms with Gasteiger partial charge in [-0.25, -0.2) is 4.68 Å². The maximum atomic E-state index is 12.4. The minimum Gasteiger partial charge on any atom is -0.364 e. The Labute approximate surface area is 134 Å². The monoisotopic (exact) mass is 312 g/mol. The molecule has 2 amide bonds. The molecule has 0 saturated heterocycles. The highest BCUT2D eigenvalue weighted by atomic mass is 16.2. The van der Waals surface area contributed by atoms with Crippen LogP contribution in [0.4, 0.5) is 5.69 Å². The summed E-state index contributed by atoms with van der Waals surface area (Å²) in [6.07, 6.45) is 5.79. The van der Waals surface area contributed by atoms with Crippen molar-refractivity contribution in [3.8, 4) is 5.69 Å². The van der Waals surface area contributed by atoms with Crippen LogP contribution < -0.4 is 11.1 Å². The second-order valence-corrected chi connectivity index (χ2v) is 6.28. The number of anilines is 1. The molecule has 1 aromatic heterocycles. The molecule has 120 valence electrons. The first-order chi connectivity index (χ1) is 11.0. The third kappa shape index (κ3) is 3.11. The molecule has 1 aliphatic rings. The second kappa shape index (κ2) is 5.87. The minimum absolute atomic E-state index is 0.0813. The Balaban J connectivity index is 1.71. The molecule has 6 heteroatoms. The molecular weight excluding hydrogens is 292 g/mol. The van der Waals surface area contributed by atoms with Crippen LogP contribution in [0.25, 0.3) is 5.69 Å². The number of benzene rings is 1. The summed E-state index contributed by atoms with van der Waals surface area (Å²) in [5.41, 5.74) is 6.71. The van der Waals surface area contributed by atoms with E-state index in [1.54, 1.807) is 16.9 Å². The Morgan fingerprint density at radius 1 is 1.17 bits per heavy atom. The van der Waals surface area contributed by atoms with Crippen molar-refractivity contribution in [2.75, 3.05) is 5.32 Å². The number of aromatic nitrogens is 2. The standard InChI is InChI=1S/C17H20N4O2/c1-17(9-2-3-10-17)16(23)19-12-4-6-13(7-5-12)21-11-8-14(20-21)15(18)22/h4-8,11H,2-3,9-10H2,1H3,(H2,18,22)(H,19,23). The smallest absolute Gasteiger partial charge is 0.269 e. The largest absolute Gasteiger partial charge is 0.364 e. The fraction of sp³-hybridized carbons (Fsp3) is 0.353. The molecule has 6 nitrogen and oxygen atoms in total. The fourth-order valence-corrected chi connectivity index (χ4v) is 2.96. The normalized spacial score (nSPS) is 16.2. The number of amides is 2. The molecule has 2 aromatic rings. The summed E-state index contributed by atoms with van der Waals surface area (Å²) in [7, 11) is 0.